The maximum Gasteiger partial charge on any atom is 0.175 e. The summed E-state index contributed by atoms with van der Waals surface area (Å²) in [5.74, 6) is 0.715. The molecule has 3 nitrogen and oxygen atoms in total. The van der Waals surface area contributed by atoms with Gasteiger partial charge in [0, 0.05) is 18.0 Å². The van der Waals surface area contributed by atoms with Crippen molar-refractivity contribution in [2.45, 2.75) is 43.5 Å². The van der Waals surface area contributed by atoms with E-state index in [9.17, 15) is 8.42 Å². The fourth-order valence-electron chi connectivity index (χ4n) is 2.65. The van der Waals surface area contributed by atoms with Crippen molar-refractivity contribution in [2.24, 2.45) is 5.92 Å². The Bertz CT molecular complexity index is 504. The van der Waals surface area contributed by atoms with Crippen LogP contribution in [0.2, 0.25) is 0 Å². The highest BCUT2D eigenvalue weighted by atomic mass is 32.2. The number of hydrogen-bond donors (Lipinski definition) is 1. The van der Waals surface area contributed by atoms with Crippen molar-refractivity contribution in [3.05, 3.63) is 24.3 Å². The van der Waals surface area contributed by atoms with Crippen molar-refractivity contribution < 1.29 is 8.42 Å². The summed E-state index contributed by atoms with van der Waals surface area (Å²) in [6, 6.07) is 7.49. The van der Waals surface area contributed by atoms with Crippen molar-refractivity contribution in [2.75, 3.05) is 11.6 Å². The summed E-state index contributed by atoms with van der Waals surface area (Å²) >= 11 is 0. The van der Waals surface area contributed by atoms with E-state index in [1.54, 1.807) is 18.2 Å². The third-order valence-electron chi connectivity index (χ3n) is 3.76. The molecule has 2 rings (SSSR count). The van der Waals surface area contributed by atoms with Crippen LogP contribution in [0, 0.1) is 5.92 Å². The van der Waals surface area contributed by atoms with Gasteiger partial charge < -0.3 is 5.32 Å². The molecule has 1 unspecified atom stereocenters. The molecule has 0 aliphatic heterocycles. The van der Waals surface area contributed by atoms with E-state index in [0.29, 0.717) is 16.9 Å². The highest BCUT2D eigenvalue weighted by Crippen LogP contribution is 2.29. The minimum Gasteiger partial charge on any atom is -0.382 e. The molecule has 1 atom stereocenters. The zero-order valence-corrected chi connectivity index (χ0v) is 11.8. The van der Waals surface area contributed by atoms with Crippen LogP contribution in [0.25, 0.3) is 0 Å². The summed E-state index contributed by atoms with van der Waals surface area (Å²) in [4.78, 5) is 0.381. The van der Waals surface area contributed by atoms with E-state index >= 15 is 0 Å². The Kier molecular flexibility index (Phi) is 3.95. The summed E-state index contributed by atoms with van der Waals surface area (Å²) in [7, 11) is -3.12. The highest BCUT2D eigenvalue weighted by Gasteiger charge is 2.21. The van der Waals surface area contributed by atoms with Crippen LogP contribution in [0.1, 0.15) is 32.6 Å². The number of nitrogens with one attached hydrogen (secondary N) is 1. The number of sulfone groups is 1. The summed E-state index contributed by atoms with van der Waals surface area (Å²) in [6.07, 6.45) is 6.44. The first-order chi connectivity index (χ1) is 8.47. The van der Waals surface area contributed by atoms with Gasteiger partial charge in [-0.05, 0) is 43.9 Å². The summed E-state index contributed by atoms with van der Waals surface area (Å²) in [6.45, 7) is 2.18. The third-order valence-corrected chi connectivity index (χ3v) is 4.87. The van der Waals surface area contributed by atoms with Crippen LogP contribution >= 0.6 is 0 Å². The molecule has 1 N–H and O–H groups in total. The molecule has 0 heterocycles. The Morgan fingerprint density at radius 2 is 1.94 bits per heavy atom. The molecule has 4 heteroatoms. The van der Waals surface area contributed by atoms with Crippen molar-refractivity contribution in [1.29, 1.82) is 0 Å². The number of benzene rings is 1. The van der Waals surface area contributed by atoms with Crippen molar-refractivity contribution >= 4 is 15.5 Å². The zero-order valence-electron chi connectivity index (χ0n) is 11.0. The molecule has 0 aromatic heterocycles. The van der Waals surface area contributed by atoms with Crippen LogP contribution in [0.15, 0.2) is 29.2 Å². The van der Waals surface area contributed by atoms with Crippen LogP contribution in [0.3, 0.4) is 0 Å². The second kappa shape index (κ2) is 5.31. The maximum atomic E-state index is 11.5. The molecule has 1 aliphatic carbocycles. The fourth-order valence-corrected chi connectivity index (χ4v) is 3.32. The standard InChI is InChI=1S/C14H21NO2S/c1-11(12-6-3-4-7-12)15-13-8-5-9-14(10-13)18(2,16)17/h5,8-12,15H,3-4,6-7H2,1-2H3. The van der Waals surface area contributed by atoms with Crippen LogP contribution < -0.4 is 5.32 Å². The van der Waals surface area contributed by atoms with E-state index < -0.39 is 9.84 Å². The van der Waals surface area contributed by atoms with E-state index in [1.165, 1.54) is 31.9 Å². The summed E-state index contributed by atoms with van der Waals surface area (Å²) < 4.78 is 23.0. The molecule has 1 fully saturated rings. The maximum absolute atomic E-state index is 11.5. The van der Waals surface area contributed by atoms with E-state index in [2.05, 4.69) is 12.2 Å². The van der Waals surface area contributed by atoms with Gasteiger partial charge in [0.05, 0.1) is 4.90 Å². The molecule has 0 spiro atoms. The summed E-state index contributed by atoms with van der Waals surface area (Å²) in [5.41, 5.74) is 0.900. The molecule has 1 saturated carbocycles. The largest absolute Gasteiger partial charge is 0.382 e. The first-order valence-electron chi connectivity index (χ1n) is 6.53. The highest BCUT2D eigenvalue weighted by molar-refractivity contribution is 7.90. The number of rotatable bonds is 4. The summed E-state index contributed by atoms with van der Waals surface area (Å²) in [5, 5.41) is 3.43. The minimum absolute atomic E-state index is 0.381. The normalized spacial score (nSPS) is 18.8. The second-order valence-electron chi connectivity index (χ2n) is 5.28. The molecule has 100 valence electrons. The topological polar surface area (TPSA) is 46.2 Å². The molecule has 0 amide bonds. The third kappa shape index (κ3) is 3.25. The van der Waals surface area contributed by atoms with Crippen molar-refractivity contribution in [3.63, 3.8) is 0 Å². The smallest absolute Gasteiger partial charge is 0.175 e. The lowest BCUT2D eigenvalue weighted by Crippen LogP contribution is -2.23. The number of hydrogen-bond acceptors (Lipinski definition) is 3. The Hall–Kier alpha value is -1.03. The van der Waals surface area contributed by atoms with Crippen molar-refractivity contribution in [1.82, 2.24) is 0 Å². The monoisotopic (exact) mass is 267 g/mol. The molecular weight excluding hydrogens is 246 g/mol. The van der Waals surface area contributed by atoms with Gasteiger partial charge in [-0.15, -0.1) is 0 Å². The Morgan fingerprint density at radius 3 is 2.56 bits per heavy atom. The van der Waals surface area contributed by atoms with E-state index in [1.807, 2.05) is 6.07 Å². The van der Waals surface area contributed by atoms with Gasteiger partial charge in [0.2, 0.25) is 0 Å². The lowest BCUT2D eigenvalue weighted by molar-refractivity contribution is 0.482. The predicted octanol–water partition coefficient (Wildman–Crippen LogP) is 3.08. The average molecular weight is 267 g/mol. The molecule has 0 bridgehead atoms. The first-order valence-corrected chi connectivity index (χ1v) is 8.42. The Balaban J connectivity index is 2.09. The molecule has 1 aromatic rings. The SMILES string of the molecule is CC(Nc1cccc(S(C)(=O)=O)c1)C1CCCC1. The number of anilines is 1. The second-order valence-corrected chi connectivity index (χ2v) is 7.29. The van der Waals surface area contributed by atoms with Gasteiger partial charge in [-0.2, -0.15) is 0 Å². The van der Waals surface area contributed by atoms with Gasteiger partial charge in [0.25, 0.3) is 0 Å². The minimum atomic E-state index is -3.12. The Morgan fingerprint density at radius 1 is 1.28 bits per heavy atom. The molecule has 0 saturated heterocycles. The lowest BCUT2D eigenvalue weighted by atomic mass is 9.99. The van der Waals surface area contributed by atoms with Gasteiger partial charge in [-0.3, -0.25) is 0 Å². The average Bonchev–Trinajstić information content (AvgIpc) is 2.81. The first kappa shape index (κ1) is 13.4. The van der Waals surface area contributed by atoms with Gasteiger partial charge in [0.15, 0.2) is 9.84 Å². The molecular formula is C14H21NO2S. The molecule has 18 heavy (non-hydrogen) atoms. The Labute approximate surface area is 110 Å². The van der Waals surface area contributed by atoms with Crippen molar-refractivity contribution in [3.8, 4) is 0 Å². The van der Waals surface area contributed by atoms with Gasteiger partial charge in [-0.25, -0.2) is 8.42 Å². The van der Waals surface area contributed by atoms with Crippen LogP contribution in [-0.2, 0) is 9.84 Å². The molecule has 0 radical (unpaired) electrons. The quantitative estimate of drug-likeness (QED) is 0.912. The molecule has 1 aromatic carbocycles. The molecule has 1 aliphatic rings. The van der Waals surface area contributed by atoms with Gasteiger partial charge in [0.1, 0.15) is 0 Å². The van der Waals surface area contributed by atoms with E-state index in [-0.39, 0.29) is 0 Å². The predicted molar refractivity (Wildman–Crippen MR) is 74.6 cm³/mol. The van der Waals surface area contributed by atoms with Gasteiger partial charge in [-0.1, -0.05) is 18.9 Å². The van der Waals surface area contributed by atoms with Crippen LogP contribution in [-0.4, -0.2) is 20.7 Å². The van der Waals surface area contributed by atoms with Crippen LogP contribution in [0.5, 0.6) is 0 Å². The van der Waals surface area contributed by atoms with E-state index in [4.69, 9.17) is 0 Å². The van der Waals surface area contributed by atoms with Gasteiger partial charge >= 0.3 is 0 Å². The fraction of sp³-hybridized carbons (Fsp3) is 0.571. The van der Waals surface area contributed by atoms with E-state index in [0.717, 1.165) is 5.69 Å². The zero-order chi connectivity index (χ0) is 13.2. The lowest BCUT2D eigenvalue weighted by Gasteiger charge is -2.21. The van der Waals surface area contributed by atoms with Crippen LogP contribution in [0.4, 0.5) is 5.69 Å².